The molecule has 0 spiro atoms. The first-order valence-electron chi connectivity index (χ1n) is 13.5. The van der Waals surface area contributed by atoms with Gasteiger partial charge in [0.15, 0.2) is 0 Å². The molecule has 8 nitrogen and oxygen atoms in total. The van der Waals surface area contributed by atoms with Crippen molar-refractivity contribution in [2.45, 2.75) is 55.4 Å². The summed E-state index contributed by atoms with van der Waals surface area (Å²) < 4.78 is 44.2. The molecule has 0 aromatic rings. The minimum atomic E-state index is 0. The summed E-state index contributed by atoms with van der Waals surface area (Å²) in [7, 11) is 10.5. The molecule has 0 bridgehead atoms. The fourth-order valence-electron chi connectivity index (χ4n) is 1.41. The molecule has 26 heteroatoms. The van der Waals surface area contributed by atoms with Crippen molar-refractivity contribution in [1.82, 2.24) is 0 Å². The van der Waals surface area contributed by atoms with E-state index in [0.717, 1.165) is 0 Å². The fraction of sp³-hybridized carbons (Fsp3) is 0.667. The Hall–Kier alpha value is 2.62. The monoisotopic (exact) mass is 1040 g/mol. The number of rotatable bonds is 8. The number of hydrogen-bond acceptors (Lipinski definition) is 24. The maximum absolute atomic E-state index is 5.03. The van der Waals surface area contributed by atoms with Gasteiger partial charge in [-0.1, -0.05) is 0 Å². The molecule has 0 fully saturated rings. The highest BCUT2D eigenvalue weighted by molar-refractivity contribution is 8.90. The summed E-state index contributed by atoms with van der Waals surface area (Å²) in [6.45, 7) is 19.8. The van der Waals surface area contributed by atoms with Crippen molar-refractivity contribution in [3.8, 4) is 0 Å². The van der Waals surface area contributed by atoms with E-state index in [4.69, 9.17) is 136 Å². The van der Waals surface area contributed by atoms with E-state index in [1.807, 2.05) is 55.4 Å². The molecule has 296 valence electrons. The lowest BCUT2D eigenvalue weighted by atomic mass is 10.9. The van der Waals surface area contributed by atoms with Crippen LogP contribution in [-0.4, -0.2) is 87.9 Å². The van der Waals surface area contributed by atoms with Gasteiger partial charge in [-0.2, -0.15) is 27.0 Å². The normalized spacial score (nSPS) is 8.80. The zero-order valence-corrected chi connectivity index (χ0v) is 43.5. The number of hydrogen-bond donors (Lipinski definition) is 0. The standard InChI is InChI=1S/4C6H10O2S4.2H2S/c4*1-3-7-5(9)11-12-6(10)8-4-2;;/h4*3-4H2,1-2H3;2*1H2. The molecule has 0 aliphatic carbocycles. The van der Waals surface area contributed by atoms with Gasteiger partial charge in [-0.15, -0.1) is 0 Å². The van der Waals surface area contributed by atoms with E-state index in [1.54, 1.807) is 0 Å². The molecule has 0 amide bonds. The highest BCUT2D eigenvalue weighted by Crippen LogP contribution is 2.28. The van der Waals surface area contributed by atoms with Crippen molar-refractivity contribution in [2.75, 3.05) is 52.9 Å². The smallest absolute Gasteiger partial charge is 0.231 e. The van der Waals surface area contributed by atoms with Crippen LogP contribution in [0.2, 0.25) is 0 Å². The summed E-state index contributed by atoms with van der Waals surface area (Å²) in [5.74, 6) is 0. The summed E-state index contributed by atoms with van der Waals surface area (Å²) in [5, 5.41) is 0. The van der Waals surface area contributed by atoms with Gasteiger partial charge in [0.05, 0.1) is 52.9 Å². The predicted octanol–water partition coefficient (Wildman–Crippen LogP) is 12.3. The summed E-state index contributed by atoms with van der Waals surface area (Å²) >= 11 is 38.9. The molecule has 0 unspecified atom stereocenters. The topological polar surface area (TPSA) is 73.8 Å². The third-order valence-electron chi connectivity index (χ3n) is 2.81. The largest absolute Gasteiger partial charge is 0.478 e. The maximum atomic E-state index is 5.03. The Morgan fingerprint density at radius 3 is 0.400 bits per heavy atom. The molecule has 0 atom stereocenters. The van der Waals surface area contributed by atoms with Gasteiger partial charge in [0.25, 0.3) is 0 Å². The lowest BCUT2D eigenvalue weighted by Crippen LogP contribution is -1.97. The van der Waals surface area contributed by atoms with Crippen LogP contribution in [0.25, 0.3) is 0 Å². The molecule has 0 aliphatic rings. The maximum Gasteiger partial charge on any atom is 0.231 e. The van der Waals surface area contributed by atoms with Gasteiger partial charge in [-0.3, -0.25) is 0 Å². The Morgan fingerprint density at radius 1 is 0.260 bits per heavy atom. The van der Waals surface area contributed by atoms with Gasteiger partial charge in [-0.25, -0.2) is 0 Å². The van der Waals surface area contributed by atoms with Gasteiger partial charge >= 0.3 is 0 Å². The highest BCUT2D eigenvalue weighted by atomic mass is 33.1. The summed E-state index contributed by atoms with van der Waals surface area (Å²) in [5.41, 5.74) is 0. The zero-order chi connectivity index (χ0) is 37.6. The number of ether oxygens (including phenoxy) is 8. The molecule has 0 aromatic carbocycles. The molecule has 0 radical (unpaired) electrons. The average molecular weight is 1040 g/mol. The third kappa shape index (κ3) is 57.3. The van der Waals surface area contributed by atoms with Crippen molar-refractivity contribution in [2.24, 2.45) is 0 Å². The van der Waals surface area contributed by atoms with E-state index in [9.17, 15) is 0 Å². The second-order valence-corrected chi connectivity index (χ2v) is 19.5. The Balaban J connectivity index is -0.000000127. The van der Waals surface area contributed by atoms with Gasteiger partial charge in [0.1, 0.15) is 0 Å². The van der Waals surface area contributed by atoms with Crippen LogP contribution in [0, 0.1) is 0 Å². The molecule has 0 aromatic heterocycles. The van der Waals surface area contributed by atoms with Gasteiger partial charge < -0.3 is 37.9 Å². The van der Waals surface area contributed by atoms with Crippen molar-refractivity contribution < 1.29 is 37.9 Å². The van der Waals surface area contributed by atoms with Crippen LogP contribution < -0.4 is 0 Å². The molecule has 50 heavy (non-hydrogen) atoms. The van der Waals surface area contributed by atoms with Crippen molar-refractivity contribution >= 4 is 246 Å². The first-order valence-corrected chi connectivity index (χ1v) is 25.4. The van der Waals surface area contributed by atoms with E-state index >= 15 is 0 Å². The Labute approximate surface area is 387 Å². The van der Waals surface area contributed by atoms with Crippen LogP contribution >= 0.6 is 211 Å². The van der Waals surface area contributed by atoms with E-state index in [1.165, 1.54) is 86.4 Å². The molecule has 0 saturated heterocycles. The lowest BCUT2D eigenvalue weighted by Gasteiger charge is -2.04. The SMILES string of the molecule is CCOC(=S)SSC(=S)OCC.CCOC(=S)SSC(=S)OCC.CCOC(=S)SSC(=S)OCC.CCOC(=S)SSC(=S)OCC.S.S. The second kappa shape index (κ2) is 51.6. The Bertz CT molecular complexity index is 714. The van der Waals surface area contributed by atoms with Crippen LogP contribution in [-0.2, 0) is 37.9 Å². The van der Waals surface area contributed by atoms with Crippen LogP contribution in [0.15, 0.2) is 0 Å². The van der Waals surface area contributed by atoms with E-state index < -0.39 is 0 Å². The molecule has 0 heterocycles. The van der Waals surface area contributed by atoms with Gasteiger partial charge in [0.2, 0.25) is 35.1 Å². The Morgan fingerprint density at radius 2 is 0.340 bits per heavy atom. The van der Waals surface area contributed by atoms with Crippen LogP contribution in [0.3, 0.4) is 0 Å². The van der Waals surface area contributed by atoms with Gasteiger partial charge in [0, 0.05) is 86.4 Å². The molecule has 0 aliphatic heterocycles. The minimum Gasteiger partial charge on any atom is -0.478 e. The zero-order valence-electron chi connectivity index (χ0n) is 28.5. The van der Waals surface area contributed by atoms with Crippen LogP contribution in [0.5, 0.6) is 0 Å². The Kier molecular flexibility index (Phi) is 66.6. The molecule has 0 rings (SSSR count). The molecular formula is C24H44O8S18. The van der Waals surface area contributed by atoms with E-state index in [-0.39, 0.29) is 27.0 Å². The first-order chi connectivity index (χ1) is 22.8. The molecule has 0 saturated carbocycles. The van der Waals surface area contributed by atoms with Gasteiger partial charge in [-0.05, 0) is 153 Å². The molecule has 0 N–H and O–H groups in total. The second-order valence-electron chi connectivity index (χ2n) is 6.13. The lowest BCUT2D eigenvalue weighted by molar-refractivity contribution is 0.345. The number of thiocarbonyl (C=S) groups is 8. The summed E-state index contributed by atoms with van der Waals surface area (Å²) in [4.78, 5) is 0. The molecular weight excluding hydrogens is 993 g/mol. The minimum absolute atomic E-state index is 0. The quantitative estimate of drug-likeness (QED) is 0.171. The van der Waals surface area contributed by atoms with Crippen molar-refractivity contribution in [3.05, 3.63) is 0 Å². The predicted molar refractivity (Wildman–Crippen MR) is 275 cm³/mol. The van der Waals surface area contributed by atoms with Crippen molar-refractivity contribution in [1.29, 1.82) is 0 Å². The third-order valence-corrected chi connectivity index (χ3v) is 15.3. The first kappa shape index (κ1) is 64.5. The fourth-order valence-corrected chi connectivity index (χ4v) is 9.46. The van der Waals surface area contributed by atoms with Crippen LogP contribution in [0.4, 0.5) is 0 Å². The summed E-state index contributed by atoms with van der Waals surface area (Å²) in [6.07, 6.45) is 0. The highest BCUT2D eigenvalue weighted by Gasteiger charge is 2.05. The summed E-state index contributed by atoms with van der Waals surface area (Å²) in [6, 6.07) is 0. The van der Waals surface area contributed by atoms with Crippen LogP contribution in [0.1, 0.15) is 55.4 Å². The van der Waals surface area contributed by atoms with E-state index in [2.05, 4.69) is 0 Å². The average Bonchev–Trinajstić information content (AvgIpc) is 3.03. The van der Waals surface area contributed by atoms with E-state index in [0.29, 0.717) is 87.9 Å². The van der Waals surface area contributed by atoms with Crippen molar-refractivity contribution in [3.63, 3.8) is 0 Å².